The Bertz CT molecular complexity index is 190. The van der Waals surface area contributed by atoms with Gasteiger partial charge in [0, 0.05) is 32.9 Å². The fraction of sp³-hybridized carbons (Fsp3) is 1.00. The van der Waals surface area contributed by atoms with Crippen LogP contribution >= 0.6 is 0 Å². The van der Waals surface area contributed by atoms with Gasteiger partial charge in [-0.1, -0.05) is 13.3 Å². The van der Waals surface area contributed by atoms with E-state index in [2.05, 4.69) is 12.2 Å². The fourth-order valence-corrected chi connectivity index (χ4v) is 2.14. The molecule has 1 fully saturated rings. The zero-order valence-corrected chi connectivity index (χ0v) is 11.4. The van der Waals surface area contributed by atoms with Crippen molar-refractivity contribution in [2.24, 2.45) is 0 Å². The van der Waals surface area contributed by atoms with Crippen molar-refractivity contribution in [2.75, 3.05) is 33.5 Å². The summed E-state index contributed by atoms with van der Waals surface area (Å²) in [6.45, 7) is 7.51. The molecule has 0 aromatic carbocycles. The van der Waals surface area contributed by atoms with Gasteiger partial charge in [-0.3, -0.25) is 0 Å². The molecular formula is C13H27NO3. The summed E-state index contributed by atoms with van der Waals surface area (Å²) >= 11 is 0. The van der Waals surface area contributed by atoms with Crippen LogP contribution in [0.4, 0.5) is 0 Å². The van der Waals surface area contributed by atoms with Crippen LogP contribution in [0.25, 0.3) is 0 Å². The highest BCUT2D eigenvalue weighted by atomic mass is 16.5. The molecule has 0 spiro atoms. The van der Waals surface area contributed by atoms with Crippen molar-refractivity contribution in [3.05, 3.63) is 0 Å². The number of ether oxygens (including phenoxy) is 3. The number of hydrogen-bond donors (Lipinski definition) is 1. The minimum atomic E-state index is 0.200. The third-order valence-corrected chi connectivity index (χ3v) is 3.20. The Balaban J connectivity index is 2.00. The Kier molecular flexibility index (Phi) is 7.77. The van der Waals surface area contributed by atoms with Gasteiger partial charge >= 0.3 is 0 Å². The Hall–Kier alpha value is -0.160. The number of unbranched alkanes of at least 4 members (excludes halogenated alkanes) is 1. The molecule has 17 heavy (non-hydrogen) atoms. The second kappa shape index (κ2) is 8.86. The molecule has 0 aliphatic heterocycles. The van der Waals surface area contributed by atoms with Crippen LogP contribution in [-0.2, 0) is 14.2 Å². The molecule has 0 bridgehead atoms. The molecule has 3 atom stereocenters. The number of hydrogen-bond acceptors (Lipinski definition) is 4. The van der Waals surface area contributed by atoms with E-state index in [1.54, 1.807) is 7.11 Å². The number of rotatable bonds is 10. The standard InChI is InChI=1S/C13H27NO3/c1-4-6-8-16-9-7-14-11-10-12(17-5-2)13(11)15-3/h11-14H,4-10H2,1-3H3. The van der Waals surface area contributed by atoms with Crippen molar-refractivity contribution >= 4 is 0 Å². The molecule has 4 nitrogen and oxygen atoms in total. The molecule has 0 heterocycles. The zero-order valence-electron chi connectivity index (χ0n) is 11.4. The molecule has 102 valence electrons. The van der Waals surface area contributed by atoms with Crippen LogP contribution in [-0.4, -0.2) is 51.7 Å². The minimum Gasteiger partial charge on any atom is -0.380 e. The Morgan fingerprint density at radius 2 is 2.06 bits per heavy atom. The predicted octanol–water partition coefficient (Wildman–Crippen LogP) is 1.59. The van der Waals surface area contributed by atoms with E-state index in [0.717, 1.165) is 39.2 Å². The normalized spacial score (nSPS) is 28.1. The van der Waals surface area contributed by atoms with Crippen LogP contribution in [0.15, 0.2) is 0 Å². The van der Waals surface area contributed by atoms with Crippen molar-refractivity contribution in [1.82, 2.24) is 5.32 Å². The summed E-state index contributed by atoms with van der Waals surface area (Å²) in [6, 6.07) is 0.423. The highest BCUT2D eigenvalue weighted by molar-refractivity contribution is 4.96. The van der Waals surface area contributed by atoms with E-state index < -0.39 is 0 Å². The third-order valence-electron chi connectivity index (χ3n) is 3.20. The summed E-state index contributed by atoms with van der Waals surface area (Å²) in [5.74, 6) is 0. The van der Waals surface area contributed by atoms with Gasteiger partial charge in [0.1, 0.15) is 0 Å². The summed E-state index contributed by atoms with van der Waals surface area (Å²) < 4.78 is 16.5. The van der Waals surface area contributed by atoms with E-state index in [1.807, 2.05) is 6.92 Å². The summed E-state index contributed by atoms with van der Waals surface area (Å²) in [6.07, 6.45) is 3.85. The average Bonchev–Trinajstić information content (AvgIpc) is 2.31. The van der Waals surface area contributed by atoms with E-state index in [1.165, 1.54) is 6.42 Å². The SMILES string of the molecule is CCCCOCCNC1CC(OCC)C1OC. The quantitative estimate of drug-likeness (QED) is 0.593. The predicted molar refractivity (Wildman–Crippen MR) is 68.3 cm³/mol. The fourth-order valence-electron chi connectivity index (χ4n) is 2.14. The molecule has 1 aliphatic carbocycles. The van der Waals surface area contributed by atoms with E-state index in [0.29, 0.717) is 6.04 Å². The van der Waals surface area contributed by atoms with E-state index >= 15 is 0 Å². The molecular weight excluding hydrogens is 218 g/mol. The second-order valence-electron chi connectivity index (χ2n) is 4.46. The minimum absolute atomic E-state index is 0.200. The lowest BCUT2D eigenvalue weighted by Crippen LogP contribution is -2.60. The largest absolute Gasteiger partial charge is 0.380 e. The molecule has 4 heteroatoms. The topological polar surface area (TPSA) is 39.7 Å². The third kappa shape index (κ3) is 4.92. The summed E-state index contributed by atoms with van der Waals surface area (Å²) in [5.41, 5.74) is 0. The maximum Gasteiger partial charge on any atom is 0.0986 e. The van der Waals surface area contributed by atoms with Crippen LogP contribution < -0.4 is 5.32 Å². The molecule has 1 aliphatic rings. The van der Waals surface area contributed by atoms with Crippen LogP contribution in [0.3, 0.4) is 0 Å². The van der Waals surface area contributed by atoms with Crippen molar-refractivity contribution in [3.8, 4) is 0 Å². The summed E-state index contributed by atoms with van der Waals surface area (Å²) in [4.78, 5) is 0. The lowest BCUT2D eigenvalue weighted by molar-refractivity contribution is -0.131. The Labute approximate surface area is 105 Å². The highest BCUT2D eigenvalue weighted by Gasteiger charge is 2.41. The molecule has 1 N–H and O–H groups in total. The van der Waals surface area contributed by atoms with Gasteiger partial charge in [0.15, 0.2) is 0 Å². The van der Waals surface area contributed by atoms with Crippen LogP contribution in [0, 0.1) is 0 Å². The molecule has 0 saturated heterocycles. The van der Waals surface area contributed by atoms with Crippen molar-refractivity contribution in [2.45, 2.75) is 51.4 Å². The number of nitrogens with one attached hydrogen (secondary N) is 1. The van der Waals surface area contributed by atoms with Crippen molar-refractivity contribution in [1.29, 1.82) is 0 Å². The maximum atomic E-state index is 5.57. The van der Waals surface area contributed by atoms with Crippen LogP contribution in [0.1, 0.15) is 33.1 Å². The Morgan fingerprint density at radius 3 is 2.71 bits per heavy atom. The molecule has 1 saturated carbocycles. The van der Waals surface area contributed by atoms with Gasteiger partial charge in [-0.05, 0) is 19.8 Å². The smallest absolute Gasteiger partial charge is 0.0986 e. The van der Waals surface area contributed by atoms with Gasteiger partial charge in [0.05, 0.1) is 18.8 Å². The summed E-state index contributed by atoms with van der Waals surface area (Å²) in [5, 5.41) is 3.46. The van der Waals surface area contributed by atoms with Crippen LogP contribution in [0.2, 0.25) is 0 Å². The van der Waals surface area contributed by atoms with Gasteiger partial charge in [0.25, 0.3) is 0 Å². The van der Waals surface area contributed by atoms with Crippen molar-refractivity contribution in [3.63, 3.8) is 0 Å². The summed E-state index contributed by atoms with van der Waals surface area (Å²) in [7, 11) is 1.75. The maximum absolute atomic E-state index is 5.57. The first-order valence-corrected chi connectivity index (χ1v) is 6.79. The molecule has 0 amide bonds. The molecule has 1 rings (SSSR count). The van der Waals surface area contributed by atoms with E-state index in [-0.39, 0.29) is 12.2 Å². The van der Waals surface area contributed by atoms with Gasteiger partial charge in [0.2, 0.25) is 0 Å². The molecule has 0 radical (unpaired) electrons. The second-order valence-corrected chi connectivity index (χ2v) is 4.46. The van der Waals surface area contributed by atoms with Gasteiger partial charge in [-0.2, -0.15) is 0 Å². The molecule has 3 unspecified atom stereocenters. The highest BCUT2D eigenvalue weighted by Crippen LogP contribution is 2.26. The first-order chi connectivity index (χ1) is 8.33. The van der Waals surface area contributed by atoms with E-state index in [9.17, 15) is 0 Å². The lowest BCUT2D eigenvalue weighted by Gasteiger charge is -2.43. The average molecular weight is 245 g/mol. The van der Waals surface area contributed by atoms with Gasteiger partial charge < -0.3 is 19.5 Å². The first kappa shape index (κ1) is 14.9. The van der Waals surface area contributed by atoms with Gasteiger partial charge in [-0.15, -0.1) is 0 Å². The Morgan fingerprint density at radius 1 is 1.24 bits per heavy atom. The lowest BCUT2D eigenvalue weighted by atomic mass is 9.85. The molecule has 0 aromatic heterocycles. The first-order valence-electron chi connectivity index (χ1n) is 6.79. The molecule has 0 aromatic rings. The van der Waals surface area contributed by atoms with Crippen LogP contribution in [0.5, 0.6) is 0 Å². The van der Waals surface area contributed by atoms with Gasteiger partial charge in [-0.25, -0.2) is 0 Å². The van der Waals surface area contributed by atoms with Crippen molar-refractivity contribution < 1.29 is 14.2 Å². The monoisotopic (exact) mass is 245 g/mol. The zero-order chi connectivity index (χ0) is 12.5. The van der Waals surface area contributed by atoms with E-state index in [4.69, 9.17) is 14.2 Å². The number of methoxy groups -OCH3 is 1.